The van der Waals surface area contributed by atoms with Crippen molar-refractivity contribution >= 4 is 11.9 Å². The van der Waals surface area contributed by atoms with Crippen molar-refractivity contribution in [1.29, 1.82) is 0 Å². The van der Waals surface area contributed by atoms with Gasteiger partial charge in [-0.15, -0.1) is 0 Å². The van der Waals surface area contributed by atoms with Gasteiger partial charge in [0, 0.05) is 13.1 Å². The second kappa shape index (κ2) is 6.10. The van der Waals surface area contributed by atoms with Crippen molar-refractivity contribution in [1.82, 2.24) is 4.90 Å². The number of fused-ring (bicyclic) bond motifs is 1. The fourth-order valence-electron chi connectivity index (χ4n) is 3.11. The van der Waals surface area contributed by atoms with Crippen molar-refractivity contribution in [2.75, 3.05) is 26.3 Å². The van der Waals surface area contributed by atoms with E-state index < -0.39 is 11.4 Å². The number of amides is 1. The van der Waals surface area contributed by atoms with Gasteiger partial charge in [-0.25, -0.2) is 0 Å². The molecule has 2 heterocycles. The molecular formula is C17H21NO5. The normalized spacial score (nSPS) is 23.4. The minimum atomic E-state index is -0.847. The van der Waals surface area contributed by atoms with Crippen molar-refractivity contribution in [3.05, 3.63) is 23.8 Å². The molecule has 23 heavy (non-hydrogen) atoms. The predicted octanol–water partition coefficient (Wildman–Crippen LogP) is 1.71. The van der Waals surface area contributed by atoms with Crippen LogP contribution in [0.3, 0.4) is 0 Å². The van der Waals surface area contributed by atoms with Crippen LogP contribution in [0.4, 0.5) is 0 Å². The number of carbonyl (C=O) groups is 2. The number of likely N-dealkylation sites (tertiary alicyclic amines) is 1. The summed E-state index contributed by atoms with van der Waals surface area (Å²) < 4.78 is 11.0. The summed E-state index contributed by atoms with van der Waals surface area (Å²) in [6.07, 6.45) is 1.57. The Labute approximate surface area is 135 Å². The van der Waals surface area contributed by atoms with Gasteiger partial charge < -0.3 is 19.5 Å². The zero-order valence-corrected chi connectivity index (χ0v) is 13.2. The highest BCUT2D eigenvalue weighted by Gasteiger charge is 2.39. The molecule has 1 amide bonds. The van der Waals surface area contributed by atoms with Gasteiger partial charge in [-0.05, 0) is 37.5 Å². The number of rotatable bonds is 3. The lowest BCUT2D eigenvalue weighted by atomic mass is 9.82. The van der Waals surface area contributed by atoms with Crippen molar-refractivity contribution in [3.63, 3.8) is 0 Å². The maximum atomic E-state index is 12.5. The summed E-state index contributed by atoms with van der Waals surface area (Å²) in [7, 11) is 0. The molecule has 0 saturated carbocycles. The molecule has 1 aromatic carbocycles. The van der Waals surface area contributed by atoms with Crippen LogP contribution in [0.25, 0.3) is 0 Å². The van der Waals surface area contributed by atoms with Gasteiger partial charge in [-0.3, -0.25) is 9.59 Å². The van der Waals surface area contributed by atoms with Gasteiger partial charge >= 0.3 is 5.97 Å². The van der Waals surface area contributed by atoms with Crippen LogP contribution in [0, 0.1) is 5.41 Å². The highest BCUT2D eigenvalue weighted by atomic mass is 16.6. The number of carboxylic acid groups (broad SMARTS) is 1. The number of carbonyl (C=O) groups excluding carboxylic acids is 1. The Bertz CT molecular complexity index is 629. The van der Waals surface area contributed by atoms with Gasteiger partial charge in [0.25, 0.3) is 0 Å². The Kier molecular flexibility index (Phi) is 4.15. The van der Waals surface area contributed by atoms with E-state index in [1.54, 1.807) is 11.8 Å². The summed E-state index contributed by atoms with van der Waals surface area (Å²) in [4.78, 5) is 25.6. The molecule has 2 aliphatic rings. The third-order valence-electron chi connectivity index (χ3n) is 4.53. The van der Waals surface area contributed by atoms with E-state index in [-0.39, 0.29) is 18.9 Å². The zero-order valence-electron chi connectivity index (χ0n) is 13.2. The molecule has 3 rings (SSSR count). The topological polar surface area (TPSA) is 76.1 Å². The summed E-state index contributed by atoms with van der Waals surface area (Å²) >= 11 is 0. The molecule has 1 fully saturated rings. The molecule has 124 valence electrons. The van der Waals surface area contributed by atoms with E-state index in [4.69, 9.17) is 9.47 Å². The van der Waals surface area contributed by atoms with Gasteiger partial charge in [0.2, 0.25) is 5.91 Å². The Balaban J connectivity index is 1.68. The molecule has 0 radical (unpaired) electrons. The van der Waals surface area contributed by atoms with Crippen LogP contribution in [0.2, 0.25) is 0 Å². The maximum absolute atomic E-state index is 12.5. The number of hydrogen-bond acceptors (Lipinski definition) is 4. The first-order chi connectivity index (χ1) is 11.0. The number of nitrogens with zero attached hydrogens (tertiary/aromatic N) is 1. The van der Waals surface area contributed by atoms with E-state index in [1.165, 1.54) is 0 Å². The first kappa shape index (κ1) is 15.6. The van der Waals surface area contributed by atoms with Crippen LogP contribution in [0.1, 0.15) is 25.3 Å². The number of aliphatic carboxylic acids is 1. The molecule has 1 atom stereocenters. The molecule has 0 bridgehead atoms. The Morgan fingerprint density at radius 1 is 1.26 bits per heavy atom. The second-order valence-corrected chi connectivity index (χ2v) is 6.44. The van der Waals surface area contributed by atoms with Crippen molar-refractivity contribution in [3.8, 4) is 11.5 Å². The number of carboxylic acids is 1. The third kappa shape index (κ3) is 3.25. The number of ether oxygens (including phenoxy) is 2. The number of piperidine rings is 1. The fraction of sp³-hybridized carbons (Fsp3) is 0.529. The molecule has 0 spiro atoms. The van der Waals surface area contributed by atoms with Crippen LogP contribution in [-0.2, 0) is 16.0 Å². The lowest BCUT2D eigenvalue weighted by Crippen LogP contribution is -2.48. The molecular weight excluding hydrogens is 298 g/mol. The maximum Gasteiger partial charge on any atom is 0.311 e. The second-order valence-electron chi connectivity index (χ2n) is 6.44. The Hall–Kier alpha value is -2.24. The average molecular weight is 319 g/mol. The molecule has 1 aromatic rings. The van der Waals surface area contributed by atoms with Crippen LogP contribution >= 0.6 is 0 Å². The molecule has 6 heteroatoms. The summed E-state index contributed by atoms with van der Waals surface area (Å²) in [6, 6.07) is 5.49. The van der Waals surface area contributed by atoms with Crippen molar-refractivity contribution in [2.45, 2.75) is 26.2 Å². The van der Waals surface area contributed by atoms with Crippen LogP contribution in [0.5, 0.6) is 11.5 Å². The van der Waals surface area contributed by atoms with Gasteiger partial charge in [0.15, 0.2) is 11.5 Å². The van der Waals surface area contributed by atoms with Gasteiger partial charge in [0.05, 0.1) is 11.8 Å². The smallest absolute Gasteiger partial charge is 0.311 e. The quantitative estimate of drug-likeness (QED) is 0.918. The number of hydrogen-bond donors (Lipinski definition) is 1. The van der Waals surface area contributed by atoms with Crippen LogP contribution < -0.4 is 9.47 Å². The third-order valence-corrected chi connectivity index (χ3v) is 4.53. The lowest BCUT2D eigenvalue weighted by molar-refractivity contribution is -0.153. The average Bonchev–Trinajstić information content (AvgIpc) is 2.54. The van der Waals surface area contributed by atoms with E-state index >= 15 is 0 Å². The van der Waals surface area contributed by atoms with E-state index in [0.29, 0.717) is 37.7 Å². The van der Waals surface area contributed by atoms with Gasteiger partial charge in [-0.2, -0.15) is 0 Å². The lowest BCUT2D eigenvalue weighted by Gasteiger charge is -2.37. The van der Waals surface area contributed by atoms with Crippen LogP contribution in [0.15, 0.2) is 18.2 Å². The van der Waals surface area contributed by atoms with E-state index in [0.717, 1.165) is 12.0 Å². The highest BCUT2D eigenvalue weighted by molar-refractivity contribution is 5.81. The van der Waals surface area contributed by atoms with Gasteiger partial charge in [0.1, 0.15) is 13.2 Å². The predicted molar refractivity (Wildman–Crippen MR) is 82.7 cm³/mol. The minimum absolute atomic E-state index is 0.0474. The molecule has 1 unspecified atom stereocenters. The monoisotopic (exact) mass is 319 g/mol. The number of benzene rings is 1. The summed E-state index contributed by atoms with van der Waals surface area (Å²) in [5.41, 5.74) is 0.00242. The van der Waals surface area contributed by atoms with E-state index in [2.05, 4.69) is 0 Å². The summed E-state index contributed by atoms with van der Waals surface area (Å²) in [6.45, 7) is 3.64. The largest absolute Gasteiger partial charge is 0.486 e. The first-order valence-corrected chi connectivity index (χ1v) is 7.88. The van der Waals surface area contributed by atoms with Crippen LogP contribution in [-0.4, -0.2) is 48.2 Å². The zero-order chi connectivity index (χ0) is 16.4. The molecule has 6 nitrogen and oxygen atoms in total. The van der Waals surface area contributed by atoms with E-state index in [9.17, 15) is 14.7 Å². The van der Waals surface area contributed by atoms with Crippen molar-refractivity contribution < 1.29 is 24.2 Å². The van der Waals surface area contributed by atoms with Crippen molar-refractivity contribution in [2.24, 2.45) is 5.41 Å². The van der Waals surface area contributed by atoms with E-state index in [1.807, 2.05) is 18.2 Å². The molecule has 2 aliphatic heterocycles. The Morgan fingerprint density at radius 2 is 2.00 bits per heavy atom. The highest BCUT2D eigenvalue weighted by Crippen LogP contribution is 2.32. The standard InChI is InChI=1S/C17H21NO5/c1-17(16(20)21)5-2-6-18(11-17)15(19)10-12-3-4-13-14(9-12)23-8-7-22-13/h3-4,9H,2,5-8,10-11H2,1H3,(H,20,21). The molecule has 1 saturated heterocycles. The molecule has 1 N–H and O–H groups in total. The van der Waals surface area contributed by atoms with Gasteiger partial charge in [-0.1, -0.05) is 6.07 Å². The molecule has 0 aromatic heterocycles. The SMILES string of the molecule is CC1(C(=O)O)CCCN(C(=O)Cc2ccc3c(c2)OCCO3)C1. The summed E-state index contributed by atoms with van der Waals surface area (Å²) in [5, 5.41) is 9.35. The minimum Gasteiger partial charge on any atom is -0.486 e. The molecule has 0 aliphatic carbocycles. The first-order valence-electron chi connectivity index (χ1n) is 7.88. The summed E-state index contributed by atoms with van der Waals surface area (Å²) in [5.74, 6) is 0.475. The Morgan fingerprint density at radius 3 is 2.74 bits per heavy atom. The fourth-order valence-corrected chi connectivity index (χ4v) is 3.11.